The molecule has 3 aromatic heterocycles. The van der Waals surface area contributed by atoms with Gasteiger partial charge in [0.25, 0.3) is 0 Å². The Bertz CT molecular complexity index is 996. The third-order valence-electron chi connectivity index (χ3n) is 4.95. The maximum atomic E-state index is 11.5. The molecule has 1 saturated heterocycles. The molecule has 1 amide bonds. The Labute approximate surface area is 174 Å². The summed E-state index contributed by atoms with van der Waals surface area (Å²) in [6, 6.07) is 10.2. The fraction of sp³-hybridized carbons (Fsp3) is 0.333. The van der Waals surface area contributed by atoms with Crippen LogP contribution in [0.3, 0.4) is 0 Å². The first kappa shape index (κ1) is 19.3. The van der Waals surface area contributed by atoms with Gasteiger partial charge in [-0.25, -0.2) is 15.0 Å². The largest absolute Gasteiger partial charge is 0.359 e. The molecule has 0 bridgehead atoms. The van der Waals surface area contributed by atoms with Crippen LogP contribution in [0.25, 0.3) is 10.6 Å². The van der Waals surface area contributed by atoms with E-state index in [2.05, 4.69) is 20.6 Å². The molecule has 150 valence electrons. The normalized spacial score (nSPS) is 14.6. The van der Waals surface area contributed by atoms with Crippen molar-refractivity contribution in [1.29, 1.82) is 0 Å². The molecular formula is C21H24N6OS. The molecule has 7 nitrogen and oxygen atoms in total. The molecule has 2 N–H and O–H groups in total. The number of piperidine rings is 1. The van der Waals surface area contributed by atoms with E-state index < -0.39 is 0 Å². The van der Waals surface area contributed by atoms with Crippen molar-refractivity contribution in [2.45, 2.75) is 32.7 Å². The summed E-state index contributed by atoms with van der Waals surface area (Å²) >= 11 is 1.60. The van der Waals surface area contributed by atoms with Gasteiger partial charge in [-0.05, 0) is 49.6 Å². The van der Waals surface area contributed by atoms with E-state index in [9.17, 15) is 4.79 Å². The van der Waals surface area contributed by atoms with E-state index in [1.807, 2.05) is 48.4 Å². The van der Waals surface area contributed by atoms with Gasteiger partial charge in [0.2, 0.25) is 5.91 Å². The number of carbonyl (C=O) groups is 1. The van der Waals surface area contributed by atoms with Crippen LogP contribution < -0.4 is 10.6 Å². The second-order valence-electron chi connectivity index (χ2n) is 7.21. The molecule has 0 aromatic carbocycles. The quantitative estimate of drug-likeness (QED) is 0.662. The van der Waals surface area contributed by atoms with Crippen LogP contribution in [0, 0.1) is 6.92 Å². The molecule has 0 saturated carbocycles. The zero-order valence-electron chi connectivity index (χ0n) is 16.6. The average molecular weight is 409 g/mol. The SMILES string of the molecule is CC(=O)N1CCC(Nc2ncc(-c3cccc(Nc4cc(C)ccn4)n3)s2)CC1. The van der Waals surface area contributed by atoms with E-state index in [1.54, 1.807) is 24.5 Å². The number of nitrogens with zero attached hydrogens (tertiary/aromatic N) is 4. The summed E-state index contributed by atoms with van der Waals surface area (Å²) in [6.45, 7) is 5.26. The highest BCUT2D eigenvalue weighted by atomic mass is 32.1. The number of amides is 1. The molecule has 0 atom stereocenters. The van der Waals surface area contributed by atoms with Crippen LogP contribution in [0.15, 0.2) is 42.7 Å². The Kier molecular flexibility index (Phi) is 5.71. The maximum absolute atomic E-state index is 11.5. The van der Waals surface area contributed by atoms with Crippen molar-refractivity contribution < 1.29 is 4.79 Å². The van der Waals surface area contributed by atoms with E-state index >= 15 is 0 Å². The van der Waals surface area contributed by atoms with Gasteiger partial charge < -0.3 is 15.5 Å². The summed E-state index contributed by atoms with van der Waals surface area (Å²) in [4.78, 5) is 27.9. The first-order valence-corrected chi connectivity index (χ1v) is 10.5. The van der Waals surface area contributed by atoms with E-state index in [-0.39, 0.29) is 5.91 Å². The number of anilines is 3. The Morgan fingerprint density at radius 2 is 2.00 bits per heavy atom. The van der Waals surface area contributed by atoms with Gasteiger partial charge in [-0.2, -0.15) is 0 Å². The summed E-state index contributed by atoms with van der Waals surface area (Å²) in [7, 11) is 0. The van der Waals surface area contributed by atoms with Gasteiger partial charge in [0.1, 0.15) is 11.6 Å². The van der Waals surface area contributed by atoms with Gasteiger partial charge in [-0.3, -0.25) is 4.79 Å². The smallest absolute Gasteiger partial charge is 0.219 e. The van der Waals surface area contributed by atoms with Gasteiger partial charge in [0.15, 0.2) is 5.13 Å². The maximum Gasteiger partial charge on any atom is 0.219 e. The van der Waals surface area contributed by atoms with Gasteiger partial charge in [0, 0.05) is 38.4 Å². The van der Waals surface area contributed by atoms with E-state index in [1.165, 1.54) is 0 Å². The highest BCUT2D eigenvalue weighted by Crippen LogP contribution is 2.30. The van der Waals surface area contributed by atoms with E-state index in [0.717, 1.165) is 58.8 Å². The first-order chi connectivity index (χ1) is 14.1. The average Bonchev–Trinajstić information content (AvgIpc) is 3.17. The standard InChI is InChI=1S/C21H24N6OS/c1-14-6-9-22-20(12-14)26-19-5-3-4-17(25-19)18-13-23-21(29-18)24-16-7-10-27(11-8-16)15(2)28/h3-6,9,12-13,16H,7-8,10-11H2,1-2H3,(H,23,24)(H,22,25,26). The number of aryl methyl sites for hydroxylation is 1. The number of hydrogen-bond donors (Lipinski definition) is 2. The highest BCUT2D eigenvalue weighted by molar-refractivity contribution is 7.18. The highest BCUT2D eigenvalue weighted by Gasteiger charge is 2.21. The van der Waals surface area contributed by atoms with Crippen molar-refractivity contribution in [2.24, 2.45) is 0 Å². The predicted octanol–water partition coefficient (Wildman–Crippen LogP) is 4.07. The zero-order valence-corrected chi connectivity index (χ0v) is 17.4. The van der Waals surface area contributed by atoms with Gasteiger partial charge >= 0.3 is 0 Å². The topological polar surface area (TPSA) is 83.0 Å². The number of likely N-dealkylation sites (tertiary alicyclic amines) is 1. The van der Waals surface area contributed by atoms with Gasteiger partial charge in [-0.1, -0.05) is 17.4 Å². The van der Waals surface area contributed by atoms with Crippen molar-refractivity contribution in [3.05, 3.63) is 48.3 Å². The predicted molar refractivity (Wildman–Crippen MR) is 117 cm³/mol. The van der Waals surface area contributed by atoms with Crippen molar-refractivity contribution in [3.8, 4) is 10.6 Å². The number of pyridine rings is 2. The van der Waals surface area contributed by atoms with Gasteiger partial charge in [0.05, 0.1) is 10.6 Å². The van der Waals surface area contributed by atoms with Crippen LogP contribution in [-0.2, 0) is 4.79 Å². The van der Waals surface area contributed by atoms with Crippen LogP contribution in [0.2, 0.25) is 0 Å². The number of aromatic nitrogens is 3. The van der Waals surface area contributed by atoms with Crippen molar-refractivity contribution in [2.75, 3.05) is 23.7 Å². The number of nitrogens with one attached hydrogen (secondary N) is 2. The zero-order chi connectivity index (χ0) is 20.2. The first-order valence-electron chi connectivity index (χ1n) is 9.72. The third kappa shape index (κ3) is 4.89. The van der Waals surface area contributed by atoms with Gasteiger partial charge in [-0.15, -0.1) is 0 Å². The molecule has 0 spiro atoms. The van der Waals surface area contributed by atoms with E-state index in [4.69, 9.17) is 4.98 Å². The summed E-state index contributed by atoms with van der Waals surface area (Å²) < 4.78 is 0. The Morgan fingerprint density at radius 1 is 1.17 bits per heavy atom. The second-order valence-corrected chi connectivity index (χ2v) is 8.24. The Balaban J connectivity index is 1.41. The fourth-order valence-corrected chi connectivity index (χ4v) is 4.21. The minimum atomic E-state index is 0.153. The number of hydrogen-bond acceptors (Lipinski definition) is 7. The summed E-state index contributed by atoms with van der Waals surface area (Å²) in [6.07, 6.45) is 5.52. The summed E-state index contributed by atoms with van der Waals surface area (Å²) in [5, 5.41) is 7.65. The number of rotatable bonds is 5. The summed E-state index contributed by atoms with van der Waals surface area (Å²) in [5.74, 6) is 1.68. The minimum absolute atomic E-state index is 0.153. The monoisotopic (exact) mass is 408 g/mol. The van der Waals surface area contributed by atoms with Crippen LogP contribution in [0.4, 0.5) is 16.8 Å². The van der Waals surface area contributed by atoms with Crippen LogP contribution >= 0.6 is 11.3 Å². The molecule has 4 heterocycles. The Morgan fingerprint density at radius 3 is 2.76 bits per heavy atom. The molecule has 8 heteroatoms. The molecule has 1 aliphatic rings. The lowest BCUT2D eigenvalue weighted by Gasteiger charge is -2.31. The third-order valence-corrected chi connectivity index (χ3v) is 5.90. The van der Waals surface area contributed by atoms with Crippen LogP contribution in [0.1, 0.15) is 25.3 Å². The van der Waals surface area contributed by atoms with Crippen LogP contribution in [0.5, 0.6) is 0 Å². The molecule has 0 radical (unpaired) electrons. The molecule has 3 aromatic rings. The van der Waals surface area contributed by atoms with Crippen molar-refractivity contribution in [3.63, 3.8) is 0 Å². The van der Waals surface area contributed by atoms with Crippen molar-refractivity contribution >= 4 is 34.0 Å². The van der Waals surface area contributed by atoms with Crippen molar-refractivity contribution in [1.82, 2.24) is 19.9 Å². The minimum Gasteiger partial charge on any atom is -0.359 e. The molecule has 0 aliphatic carbocycles. The van der Waals surface area contributed by atoms with E-state index in [0.29, 0.717) is 6.04 Å². The van der Waals surface area contributed by atoms with Crippen LogP contribution in [-0.4, -0.2) is 44.9 Å². The molecule has 0 unspecified atom stereocenters. The second kappa shape index (κ2) is 8.57. The fourth-order valence-electron chi connectivity index (χ4n) is 3.35. The summed E-state index contributed by atoms with van der Waals surface area (Å²) in [5.41, 5.74) is 2.02. The molecular weight excluding hydrogens is 384 g/mol. The lowest BCUT2D eigenvalue weighted by Crippen LogP contribution is -2.41. The molecule has 1 fully saturated rings. The number of carbonyl (C=O) groups excluding carboxylic acids is 1. The molecule has 1 aliphatic heterocycles. The molecule has 4 rings (SSSR count). The number of thiazole rings is 1. The Hall–Kier alpha value is -3.00. The lowest BCUT2D eigenvalue weighted by atomic mass is 10.1. The molecule has 29 heavy (non-hydrogen) atoms. The lowest BCUT2D eigenvalue weighted by molar-refractivity contribution is -0.129.